The minimum Gasteiger partial charge on any atom is -0.379 e. The van der Waals surface area contributed by atoms with E-state index in [2.05, 4.69) is 45.0 Å². The second-order valence-electron chi connectivity index (χ2n) is 5.46. The molecular formula is C14H30N2O. The van der Waals surface area contributed by atoms with Gasteiger partial charge < -0.3 is 10.1 Å². The van der Waals surface area contributed by atoms with Crippen LogP contribution in [0.4, 0.5) is 0 Å². The summed E-state index contributed by atoms with van der Waals surface area (Å²) in [7, 11) is 2.10. The van der Waals surface area contributed by atoms with E-state index in [-0.39, 0.29) is 5.54 Å². The van der Waals surface area contributed by atoms with Crippen LogP contribution in [0.2, 0.25) is 0 Å². The molecule has 1 aliphatic rings. The Balaban J connectivity index is 2.82. The molecule has 0 saturated carbocycles. The second kappa shape index (κ2) is 6.72. The van der Waals surface area contributed by atoms with E-state index in [1.54, 1.807) is 0 Å². The van der Waals surface area contributed by atoms with Crippen LogP contribution in [0.25, 0.3) is 0 Å². The lowest BCUT2D eigenvalue weighted by Crippen LogP contribution is -2.63. The summed E-state index contributed by atoms with van der Waals surface area (Å²) in [5, 5.41) is 3.56. The number of ether oxygens (including phenoxy) is 1. The first-order valence-electron chi connectivity index (χ1n) is 7.10. The van der Waals surface area contributed by atoms with E-state index >= 15 is 0 Å². The zero-order valence-corrected chi connectivity index (χ0v) is 12.3. The molecule has 0 aromatic heterocycles. The maximum Gasteiger partial charge on any atom is 0.0594 e. The van der Waals surface area contributed by atoms with Gasteiger partial charge in [-0.2, -0.15) is 0 Å². The molecular weight excluding hydrogens is 212 g/mol. The minimum atomic E-state index is 0.244. The van der Waals surface area contributed by atoms with Gasteiger partial charge >= 0.3 is 0 Å². The maximum absolute atomic E-state index is 5.48. The third-order valence-corrected chi connectivity index (χ3v) is 4.64. The molecule has 1 N–H and O–H groups in total. The highest BCUT2D eigenvalue weighted by atomic mass is 16.5. The van der Waals surface area contributed by atoms with Gasteiger partial charge in [-0.25, -0.2) is 0 Å². The molecule has 0 aromatic carbocycles. The number of nitrogens with zero attached hydrogens (tertiary/aromatic N) is 1. The van der Waals surface area contributed by atoms with Crippen molar-refractivity contribution in [1.29, 1.82) is 0 Å². The number of hydrogen-bond acceptors (Lipinski definition) is 3. The molecule has 0 aliphatic carbocycles. The van der Waals surface area contributed by atoms with Crippen molar-refractivity contribution in [1.82, 2.24) is 10.2 Å². The van der Waals surface area contributed by atoms with Gasteiger partial charge in [0, 0.05) is 24.7 Å². The summed E-state index contributed by atoms with van der Waals surface area (Å²) in [6, 6.07) is 0.551. The predicted molar refractivity (Wildman–Crippen MR) is 73.4 cm³/mol. The van der Waals surface area contributed by atoms with Crippen LogP contribution in [0, 0.1) is 5.92 Å². The smallest absolute Gasteiger partial charge is 0.0594 e. The molecule has 102 valence electrons. The Morgan fingerprint density at radius 3 is 2.29 bits per heavy atom. The van der Waals surface area contributed by atoms with Gasteiger partial charge in [0.05, 0.1) is 13.2 Å². The summed E-state index contributed by atoms with van der Waals surface area (Å²) in [5.74, 6) is 0.702. The fraction of sp³-hybridized carbons (Fsp3) is 1.00. The zero-order chi connectivity index (χ0) is 12.9. The Morgan fingerprint density at radius 2 is 1.88 bits per heavy atom. The van der Waals surface area contributed by atoms with Gasteiger partial charge in [-0.1, -0.05) is 27.2 Å². The van der Waals surface area contributed by atoms with Gasteiger partial charge in [-0.3, -0.25) is 4.90 Å². The Kier molecular flexibility index (Phi) is 5.90. The molecule has 17 heavy (non-hydrogen) atoms. The lowest BCUT2D eigenvalue weighted by molar-refractivity contribution is -0.0390. The van der Waals surface area contributed by atoms with Gasteiger partial charge in [0.25, 0.3) is 0 Å². The summed E-state index contributed by atoms with van der Waals surface area (Å²) < 4.78 is 5.48. The molecule has 0 aromatic rings. The highest BCUT2D eigenvalue weighted by Crippen LogP contribution is 2.30. The number of likely N-dealkylation sites (N-methyl/N-ethyl adjacent to an activating group) is 1. The number of rotatable bonds is 6. The fourth-order valence-corrected chi connectivity index (χ4v) is 3.16. The summed E-state index contributed by atoms with van der Waals surface area (Å²) in [4.78, 5) is 2.61. The first-order valence-corrected chi connectivity index (χ1v) is 7.10. The molecule has 1 rings (SSSR count). The predicted octanol–water partition coefficient (Wildman–Crippen LogP) is 2.12. The Hall–Kier alpha value is -0.120. The Morgan fingerprint density at radius 1 is 1.29 bits per heavy atom. The van der Waals surface area contributed by atoms with Crippen molar-refractivity contribution in [3.8, 4) is 0 Å². The van der Waals surface area contributed by atoms with E-state index in [1.165, 1.54) is 12.8 Å². The summed E-state index contributed by atoms with van der Waals surface area (Å²) in [5.41, 5.74) is 0.244. The minimum absolute atomic E-state index is 0.244. The quantitative estimate of drug-likeness (QED) is 0.772. The number of morpholine rings is 1. The SMILES string of the molecule is CCC(C)C(NC)C(C)(CC)N1CCOCC1. The molecule has 1 fully saturated rings. The van der Waals surface area contributed by atoms with Crippen LogP contribution in [0.5, 0.6) is 0 Å². The van der Waals surface area contributed by atoms with Crippen molar-refractivity contribution < 1.29 is 4.74 Å². The van der Waals surface area contributed by atoms with E-state index in [0.29, 0.717) is 12.0 Å². The van der Waals surface area contributed by atoms with Gasteiger partial charge in [0.2, 0.25) is 0 Å². The van der Waals surface area contributed by atoms with Crippen molar-refractivity contribution in [2.45, 2.75) is 52.1 Å². The lowest BCUT2D eigenvalue weighted by Gasteiger charge is -2.49. The van der Waals surface area contributed by atoms with Gasteiger partial charge in [-0.15, -0.1) is 0 Å². The third-order valence-electron chi connectivity index (χ3n) is 4.64. The highest BCUT2D eigenvalue weighted by molar-refractivity contribution is 4.98. The summed E-state index contributed by atoms with van der Waals surface area (Å²) in [6.07, 6.45) is 2.41. The number of nitrogens with one attached hydrogen (secondary N) is 1. The molecule has 1 aliphatic heterocycles. The average Bonchev–Trinajstić information content (AvgIpc) is 2.39. The average molecular weight is 242 g/mol. The second-order valence-corrected chi connectivity index (χ2v) is 5.46. The van der Waals surface area contributed by atoms with Gasteiger partial charge in [0.1, 0.15) is 0 Å². The van der Waals surface area contributed by atoms with Crippen LogP contribution >= 0.6 is 0 Å². The van der Waals surface area contributed by atoms with Gasteiger partial charge in [0.15, 0.2) is 0 Å². The standard InChI is InChI=1S/C14H30N2O/c1-6-12(3)13(15-5)14(4,7-2)16-8-10-17-11-9-16/h12-13,15H,6-11H2,1-5H3. The molecule has 0 amide bonds. The van der Waals surface area contributed by atoms with Crippen LogP contribution in [0.15, 0.2) is 0 Å². The van der Waals surface area contributed by atoms with E-state index in [1.807, 2.05) is 0 Å². The summed E-state index contributed by atoms with van der Waals surface area (Å²) in [6.45, 7) is 13.3. The topological polar surface area (TPSA) is 24.5 Å². The largest absolute Gasteiger partial charge is 0.379 e. The van der Waals surface area contributed by atoms with Crippen LogP contribution < -0.4 is 5.32 Å². The van der Waals surface area contributed by atoms with E-state index in [0.717, 1.165) is 26.3 Å². The van der Waals surface area contributed by atoms with Crippen LogP contribution in [0.1, 0.15) is 40.5 Å². The number of hydrogen-bond donors (Lipinski definition) is 1. The molecule has 3 atom stereocenters. The molecule has 3 heteroatoms. The molecule has 1 saturated heterocycles. The molecule has 1 heterocycles. The zero-order valence-electron chi connectivity index (χ0n) is 12.3. The van der Waals surface area contributed by atoms with E-state index < -0.39 is 0 Å². The van der Waals surface area contributed by atoms with E-state index in [9.17, 15) is 0 Å². The van der Waals surface area contributed by atoms with Crippen LogP contribution in [-0.2, 0) is 4.74 Å². The highest BCUT2D eigenvalue weighted by Gasteiger charge is 2.40. The van der Waals surface area contributed by atoms with Crippen molar-refractivity contribution in [3.05, 3.63) is 0 Å². The van der Waals surface area contributed by atoms with Crippen molar-refractivity contribution in [3.63, 3.8) is 0 Å². The fourth-order valence-electron chi connectivity index (χ4n) is 3.16. The van der Waals surface area contributed by atoms with E-state index in [4.69, 9.17) is 4.74 Å². The molecule has 3 unspecified atom stereocenters. The van der Waals surface area contributed by atoms with Crippen LogP contribution in [0.3, 0.4) is 0 Å². The van der Waals surface area contributed by atoms with Crippen molar-refractivity contribution in [2.24, 2.45) is 5.92 Å². The normalized spacial score (nSPS) is 25.2. The maximum atomic E-state index is 5.48. The third kappa shape index (κ3) is 3.21. The monoisotopic (exact) mass is 242 g/mol. The summed E-state index contributed by atoms with van der Waals surface area (Å²) >= 11 is 0. The Bertz CT molecular complexity index is 216. The molecule has 3 nitrogen and oxygen atoms in total. The molecule has 0 spiro atoms. The Labute approximate surface area is 107 Å². The van der Waals surface area contributed by atoms with Crippen molar-refractivity contribution in [2.75, 3.05) is 33.4 Å². The molecule has 0 bridgehead atoms. The van der Waals surface area contributed by atoms with Crippen LogP contribution in [-0.4, -0.2) is 49.8 Å². The molecule has 0 radical (unpaired) electrons. The van der Waals surface area contributed by atoms with Gasteiger partial charge in [-0.05, 0) is 26.3 Å². The lowest BCUT2D eigenvalue weighted by atomic mass is 9.79. The van der Waals surface area contributed by atoms with Crippen molar-refractivity contribution >= 4 is 0 Å². The first kappa shape index (κ1) is 14.9. The first-order chi connectivity index (χ1) is 8.10.